The molecular formula is C35H34Cl2N4O2. The molecule has 6 rings (SSSR count). The Kier molecular flexibility index (Phi) is 8.96. The predicted molar refractivity (Wildman–Crippen MR) is 175 cm³/mol. The van der Waals surface area contributed by atoms with Gasteiger partial charge in [-0.2, -0.15) is 0 Å². The van der Waals surface area contributed by atoms with Crippen molar-refractivity contribution in [3.8, 4) is 17.1 Å². The van der Waals surface area contributed by atoms with E-state index in [0.29, 0.717) is 27.7 Å². The summed E-state index contributed by atoms with van der Waals surface area (Å²) in [5, 5.41) is 5.80. The molecule has 1 fully saturated rings. The zero-order valence-electron chi connectivity index (χ0n) is 24.2. The fraction of sp³-hybridized carbons (Fsp3) is 0.286. The first-order valence-electron chi connectivity index (χ1n) is 15.0. The van der Waals surface area contributed by atoms with Crippen LogP contribution in [-0.2, 0) is 4.74 Å². The minimum atomic E-state index is -0.372. The Morgan fingerprint density at radius 2 is 1.58 bits per heavy atom. The molecule has 0 bridgehead atoms. The molecule has 1 heterocycles. The van der Waals surface area contributed by atoms with Gasteiger partial charge in [-0.1, -0.05) is 55.3 Å². The first kappa shape index (κ1) is 29.2. The summed E-state index contributed by atoms with van der Waals surface area (Å²) < 4.78 is 7.43. The summed E-state index contributed by atoms with van der Waals surface area (Å²) in [7, 11) is 0. The Morgan fingerprint density at radius 1 is 0.907 bits per heavy atom. The fourth-order valence-corrected chi connectivity index (χ4v) is 6.01. The van der Waals surface area contributed by atoms with Crippen molar-refractivity contribution in [3.63, 3.8) is 0 Å². The second kappa shape index (κ2) is 13.2. The van der Waals surface area contributed by atoms with Crippen molar-refractivity contribution < 1.29 is 9.53 Å². The summed E-state index contributed by atoms with van der Waals surface area (Å²) in [4.78, 5) is 23.0. The molecule has 43 heavy (non-hydrogen) atoms. The molecule has 0 unspecified atom stereocenters. The van der Waals surface area contributed by atoms with Crippen molar-refractivity contribution in [2.45, 2.75) is 57.9 Å². The maximum Gasteiger partial charge on any atom is 0.338 e. The Balaban J connectivity index is 1.60. The largest absolute Gasteiger partial charge is 0.462 e. The summed E-state index contributed by atoms with van der Waals surface area (Å²) in [5.41, 5.74) is 6.37. The molecule has 3 aliphatic rings. The minimum absolute atomic E-state index is 0.257. The normalized spacial score (nSPS) is 14.9. The highest BCUT2D eigenvalue weighted by Gasteiger charge is 2.19. The molecule has 2 aliphatic carbocycles. The van der Waals surface area contributed by atoms with Crippen LogP contribution in [0.15, 0.2) is 83.9 Å². The second-order valence-corrected chi connectivity index (χ2v) is 11.8. The number of nitrogens with one attached hydrogen (secondary N) is 1. The quantitative estimate of drug-likeness (QED) is 0.153. The maximum absolute atomic E-state index is 12.6. The molecule has 3 aromatic carbocycles. The highest BCUT2D eigenvalue weighted by atomic mass is 35.5. The topological polar surface area (TPSA) is 68.5 Å². The van der Waals surface area contributed by atoms with E-state index in [9.17, 15) is 4.79 Å². The Bertz CT molecular complexity index is 1770. The van der Waals surface area contributed by atoms with E-state index in [1.54, 1.807) is 19.1 Å². The third-order valence-electron chi connectivity index (χ3n) is 7.91. The molecular weight excluding hydrogens is 579 g/mol. The van der Waals surface area contributed by atoms with Gasteiger partial charge in [-0.15, -0.1) is 0 Å². The number of carbonyl (C=O) groups excluding carboxylic acids is 1. The number of benzene rings is 4. The number of halogens is 2. The monoisotopic (exact) mass is 612 g/mol. The molecule has 6 nitrogen and oxygen atoms in total. The lowest BCUT2D eigenvalue weighted by Gasteiger charge is -2.21. The van der Waals surface area contributed by atoms with Gasteiger partial charge in [0, 0.05) is 21.4 Å². The van der Waals surface area contributed by atoms with Crippen LogP contribution >= 0.6 is 23.2 Å². The van der Waals surface area contributed by atoms with Crippen LogP contribution in [0.3, 0.4) is 0 Å². The minimum Gasteiger partial charge on any atom is -0.462 e. The first-order valence-corrected chi connectivity index (χ1v) is 15.7. The molecule has 0 spiro atoms. The fourth-order valence-electron chi connectivity index (χ4n) is 5.76. The SMILES string of the molecule is CCOC(=O)c1ccc2c(c1)nc1cc(Nc3ccc(Cl)cc3)c(=NC3CCCCCCC3)cc-1n2-c1ccc(Cl)cc1. The van der Waals surface area contributed by atoms with Crippen molar-refractivity contribution in [2.24, 2.45) is 4.99 Å². The van der Waals surface area contributed by atoms with Crippen LogP contribution < -0.4 is 10.7 Å². The van der Waals surface area contributed by atoms with Crippen LogP contribution in [0.5, 0.6) is 0 Å². The maximum atomic E-state index is 12.6. The van der Waals surface area contributed by atoms with E-state index < -0.39 is 0 Å². The highest BCUT2D eigenvalue weighted by molar-refractivity contribution is 6.30. The van der Waals surface area contributed by atoms with Gasteiger partial charge in [-0.25, -0.2) is 9.78 Å². The number of aromatic nitrogens is 2. The molecule has 8 heteroatoms. The standard InChI is InChI=1S/C35H34Cl2N4O2/c1-2-43-35(42)23-10-19-33-31(20-23)40-32-21-29(39-27-15-11-24(36)12-16-27)30(38-26-8-6-4-3-5-7-9-26)22-34(32)41(33)28-17-13-25(37)14-18-28/h10-22,26,39H,2-9H2,1H3. The zero-order chi connectivity index (χ0) is 29.8. The van der Waals surface area contributed by atoms with Crippen molar-refractivity contribution in [2.75, 3.05) is 11.9 Å². The molecule has 1 aliphatic heterocycles. The number of esters is 1. The van der Waals surface area contributed by atoms with Crippen LogP contribution in [0.25, 0.3) is 28.1 Å². The summed E-state index contributed by atoms with van der Waals surface area (Å²) in [6.07, 6.45) is 8.40. The lowest BCUT2D eigenvalue weighted by molar-refractivity contribution is 0.0526. The number of hydrogen-bond donors (Lipinski definition) is 1. The molecule has 0 saturated heterocycles. The van der Waals surface area contributed by atoms with Gasteiger partial charge < -0.3 is 14.6 Å². The molecule has 0 aromatic heterocycles. The van der Waals surface area contributed by atoms with E-state index in [0.717, 1.165) is 52.2 Å². The lowest BCUT2D eigenvalue weighted by atomic mass is 9.97. The number of ether oxygens (including phenoxy) is 1. The van der Waals surface area contributed by atoms with Crippen molar-refractivity contribution in [3.05, 3.63) is 99.8 Å². The number of fused-ring (bicyclic) bond motifs is 2. The summed E-state index contributed by atoms with van der Waals surface area (Å²) in [6.45, 7) is 2.10. The molecule has 0 atom stereocenters. The number of rotatable bonds is 6. The molecule has 0 radical (unpaired) electrons. The van der Waals surface area contributed by atoms with Crippen molar-refractivity contribution >= 4 is 51.6 Å². The number of nitrogens with zero attached hydrogens (tertiary/aromatic N) is 3. The van der Waals surface area contributed by atoms with E-state index in [4.69, 9.17) is 37.9 Å². The first-order chi connectivity index (χ1) is 21.0. The summed E-state index contributed by atoms with van der Waals surface area (Å²) in [6, 6.07) is 25.3. The van der Waals surface area contributed by atoms with Crippen molar-refractivity contribution in [1.82, 2.24) is 9.55 Å². The van der Waals surface area contributed by atoms with Crippen LogP contribution in [0.2, 0.25) is 10.0 Å². The van der Waals surface area contributed by atoms with Gasteiger partial charge in [0.05, 0.1) is 51.7 Å². The molecule has 1 saturated carbocycles. The van der Waals surface area contributed by atoms with E-state index >= 15 is 0 Å². The van der Waals surface area contributed by atoms with Gasteiger partial charge in [0.2, 0.25) is 0 Å². The van der Waals surface area contributed by atoms with E-state index in [1.165, 1.54) is 32.1 Å². The number of hydrogen-bond acceptors (Lipinski definition) is 5. The van der Waals surface area contributed by atoms with Gasteiger partial charge in [0.1, 0.15) is 0 Å². The van der Waals surface area contributed by atoms with Gasteiger partial charge in [-0.05, 0) is 98.6 Å². The van der Waals surface area contributed by atoms with Gasteiger partial charge in [0.25, 0.3) is 0 Å². The number of anilines is 2. The third kappa shape index (κ3) is 6.71. The zero-order valence-corrected chi connectivity index (χ0v) is 25.7. The van der Waals surface area contributed by atoms with Gasteiger partial charge in [-0.3, -0.25) is 4.99 Å². The predicted octanol–water partition coefficient (Wildman–Crippen LogP) is 9.37. The van der Waals surface area contributed by atoms with Crippen LogP contribution in [0.1, 0.15) is 62.2 Å². The molecule has 220 valence electrons. The van der Waals surface area contributed by atoms with Crippen LogP contribution in [-0.4, -0.2) is 28.2 Å². The molecule has 1 N–H and O–H groups in total. The third-order valence-corrected chi connectivity index (χ3v) is 8.41. The molecule has 3 aromatic rings. The second-order valence-electron chi connectivity index (χ2n) is 11.0. The summed E-state index contributed by atoms with van der Waals surface area (Å²) >= 11 is 12.5. The molecule has 0 amide bonds. The average molecular weight is 614 g/mol. The van der Waals surface area contributed by atoms with Gasteiger partial charge >= 0.3 is 5.97 Å². The van der Waals surface area contributed by atoms with E-state index in [-0.39, 0.29) is 12.0 Å². The lowest BCUT2D eigenvalue weighted by Crippen LogP contribution is -2.19. The average Bonchev–Trinajstić information content (AvgIpc) is 2.99. The van der Waals surface area contributed by atoms with Crippen LogP contribution in [0.4, 0.5) is 11.4 Å². The van der Waals surface area contributed by atoms with Gasteiger partial charge in [0.15, 0.2) is 0 Å². The van der Waals surface area contributed by atoms with E-state index in [2.05, 4.69) is 22.0 Å². The van der Waals surface area contributed by atoms with Crippen LogP contribution in [0, 0.1) is 0 Å². The summed E-state index contributed by atoms with van der Waals surface area (Å²) in [5.74, 6) is -0.372. The Hall–Kier alpha value is -3.87. The number of carbonyl (C=O) groups is 1. The Morgan fingerprint density at radius 3 is 2.28 bits per heavy atom. The van der Waals surface area contributed by atoms with E-state index in [1.807, 2.05) is 54.6 Å². The Labute approximate surface area is 261 Å². The highest BCUT2D eigenvalue weighted by Crippen LogP contribution is 2.32. The van der Waals surface area contributed by atoms with Crippen molar-refractivity contribution in [1.29, 1.82) is 0 Å². The smallest absolute Gasteiger partial charge is 0.338 e.